The van der Waals surface area contributed by atoms with E-state index in [4.69, 9.17) is 4.74 Å². The van der Waals surface area contributed by atoms with Crippen LogP contribution in [0.3, 0.4) is 0 Å². The Labute approximate surface area is 122 Å². The molecule has 0 atom stereocenters. The van der Waals surface area contributed by atoms with Crippen molar-refractivity contribution in [1.29, 1.82) is 0 Å². The Bertz CT molecular complexity index is 552. The number of rotatable bonds is 5. The summed E-state index contributed by atoms with van der Waals surface area (Å²) in [7, 11) is 0. The lowest BCUT2D eigenvalue weighted by Gasteiger charge is -2.48. The van der Waals surface area contributed by atoms with Crippen LogP contribution in [0.2, 0.25) is 0 Å². The van der Waals surface area contributed by atoms with E-state index in [1.165, 1.54) is 23.1 Å². The summed E-state index contributed by atoms with van der Waals surface area (Å²) in [6.07, 6.45) is 0. The van der Waals surface area contributed by atoms with Gasteiger partial charge in [0.2, 0.25) is 0 Å². The van der Waals surface area contributed by atoms with Crippen molar-refractivity contribution in [2.45, 2.75) is 19.4 Å². The highest BCUT2D eigenvalue weighted by molar-refractivity contribution is 5.79. The Morgan fingerprint density at radius 3 is 2.67 bits per heavy atom. The lowest BCUT2D eigenvalue weighted by atomic mass is 9.83. The van der Waals surface area contributed by atoms with Crippen LogP contribution >= 0.6 is 0 Å². The Kier molecular flexibility index (Phi) is 4.13. The normalized spacial score (nSPS) is 16.5. The van der Waals surface area contributed by atoms with Gasteiger partial charge in [0, 0.05) is 6.07 Å². The molecule has 1 saturated heterocycles. The molecule has 7 heteroatoms. The number of amides is 1. The lowest BCUT2D eigenvalue weighted by molar-refractivity contribution is -0.385. The molecule has 114 valence electrons. The summed E-state index contributed by atoms with van der Waals surface area (Å²) >= 11 is 0. The third kappa shape index (κ3) is 3.13. The quantitative estimate of drug-likeness (QED) is 0.650. The zero-order chi connectivity index (χ0) is 15.6. The van der Waals surface area contributed by atoms with Crippen molar-refractivity contribution in [3.8, 4) is 5.75 Å². The van der Waals surface area contributed by atoms with Crippen LogP contribution in [0.15, 0.2) is 24.3 Å². The van der Waals surface area contributed by atoms with Gasteiger partial charge in [-0.05, 0) is 12.0 Å². The number of carbonyl (C=O) groups excluding carboxylic acids is 1. The molecular formula is C14H18N2O5. The molecule has 1 amide bonds. The van der Waals surface area contributed by atoms with Crippen molar-refractivity contribution in [3.63, 3.8) is 0 Å². The van der Waals surface area contributed by atoms with E-state index in [1.807, 2.05) is 13.8 Å². The van der Waals surface area contributed by atoms with Crippen LogP contribution in [0.4, 0.5) is 5.69 Å². The molecule has 0 aliphatic carbocycles. The van der Waals surface area contributed by atoms with E-state index >= 15 is 0 Å². The molecule has 1 heterocycles. The zero-order valence-electron chi connectivity index (χ0n) is 12.0. The average Bonchev–Trinajstić information content (AvgIpc) is 2.41. The highest BCUT2D eigenvalue weighted by Crippen LogP contribution is 2.29. The first kappa shape index (κ1) is 15.2. The predicted octanol–water partition coefficient (Wildman–Crippen LogP) is 1.20. The summed E-state index contributed by atoms with van der Waals surface area (Å²) in [5.74, 6) is -0.161. The van der Waals surface area contributed by atoms with Gasteiger partial charge in [-0.15, -0.1) is 0 Å². The fraction of sp³-hybridized carbons (Fsp3) is 0.500. The molecule has 1 fully saturated rings. The first-order valence-electron chi connectivity index (χ1n) is 6.70. The molecule has 1 aromatic carbocycles. The van der Waals surface area contributed by atoms with E-state index in [9.17, 15) is 20.0 Å². The Morgan fingerprint density at radius 1 is 1.48 bits per heavy atom. The first-order chi connectivity index (χ1) is 9.83. The highest BCUT2D eigenvalue weighted by atomic mass is 16.6. The van der Waals surface area contributed by atoms with Crippen LogP contribution in [0.1, 0.15) is 13.8 Å². The molecule has 0 aromatic heterocycles. The second-order valence-electron chi connectivity index (χ2n) is 5.52. The van der Waals surface area contributed by atoms with Crippen molar-refractivity contribution in [2.24, 2.45) is 5.92 Å². The Hall–Kier alpha value is -2.15. The van der Waals surface area contributed by atoms with Gasteiger partial charge in [0.25, 0.3) is 5.91 Å². The molecule has 21 heavy (non-hydrogen) atoms. The molecule has 1 aromatic rings. The van der Waals surface area contributed by atoms with E-state index in [-0.39, 0.29) is 43.0 Å². The number of β-amino-alcohol motifs (C(OH)–C–C–N with tert-alkyl or cyclic N) is 1. The van der Waals surface area contributed by atoms with Crippen LogP contribution < -0.4 is 4.74 Å². The summed E-state index contributed by atoms with van der Waals surface area (Å²) in [5, 5.41) is 20.9. The number of para-hydroxylation sites is 2. The van der Waals surface area contributed by atoms with Gasteiger partial charge in [-0.1, -0.05) is 26.0 Å². The number of ether oxygens (including phenoxy) is 1. The van der Waals surface area contributed by atoms with Gasteiger partial charge >= 0.3 is 5.69 Å². The van der Waals surface area contributed by atoms with Gasteiger partial charge in [0.1, 0.15) is 5.60 Å². The van der Waals surface area contributed by atoms with Crippen molar-refractivity contribution in [3.05, 3.63) is 34.4 Å². The Morgan fingerprint density at radius 2 is 2.10 bits per heavy atom. The second kappa shape index (κ2) is 5.69. The number of hydrogen-bond acceptors (Lipinski definition) is 5. The molecule has 1 N–H and O–H groups in total. The van der Waals surface area contributed by atoms with Crippen LogP contribution in [-0.4, -0.2) is 46.1 Å². The summed E-state index contributed by atoms with van der Waals surface area (Å²) < 4.78 is 5.23. The number of benzene rings is 1. The van der Waals surface area contributed by atoms with Gasteiger partial charge in [-0.25, -0.2) is 0 Å². The van der Waals surface area contributed by atoms with E-state index in [2.05, 4.69) is 0 Å². The molecule has 7 nitrogen and oxygen atoms in total. The van der Waals surface area contributed by atoms with Crippen molar-refractivity contribution in [2.75, 3.05) is 19.7 Å². The molecular weight excluding hydrogens is 276 g/mol. The van der Waals surface area contributed by atoms with Gasteiger partial charge in [-0.3, -0.25) is 14.9 Å². The van der Waals surface area contributed by atoms with Crippen LogP contribution in [-0.2, 0) is 4.79 Å². The van der Waals surface area contributed by atoms with Crippen LogP contribution in [0.25, 0.3) is 0 Å². The molecule has 0 unspecified atom stereocenters. The summed E-state index contributed by atoms with van der Waals surface area (Å²) in [6, 6.07) is 5.91. The number of aliphatic hydroxyl groups is 1. The van der Waals surface area contributed by atoms with Crippen LogP contribution in [0, 0.1) is 16.0 Å². The van der Waals surface area contributed by atoms with Crippen molar-refractivity contribution in [1.82, 2.24) is 4.90 Å². The minimum atomic E-state index is -0.839. The smallest absolute Gasteiger partial charge is 0.310 e. The minimum Gasteiger partial charge on any atom is -0.477 e. The fourth-order valence-corrected chi connectivity index (χ4v) is 2.12. The number of nitrogens with zero attached hydrogens (tertiary/aromatic N) is 2. The SMILES string of the molecule is CC(C)C1(O)CN(C(=O)COc2ccccc2[N+](=O)[O-])C1. The van der Waals surface area contributed by atoms with Gasteiger partial charge in [0.15, 0.2) is 12.4 Å². The lowest BCUT2D eigenvalue weighted by Crippen LogP contribution is -2.66. The number of nitro groups is 1. The van der Waals surface area contributed by atoms with E-state index in [1.54, 1.807) is 6.07 Å². The number of nitro benzene ring substituents is 1. The van der Waals surface area contributed by atoms with Gasteiger partial charge in [-0.2, -0.15) is 0 Å². The van der Waals surface area contributed by atoms with E-state index in [0.717, 1.165) is 0 Å². The number of hydrogen-bond donors (Lipinski definition) is 1. The zero-order valence-corrected chi connectivity index (χ0v) is 12.0. The minimum absolute atomic E-state index is 0.0653. The van der Waals surface area contributed by atoms with E-state index < -0.39 is 10.5 Å². The highest BCUT2D eigenvalue weighted by Gasteiger charge is 2.45. The topological polar surface area (TPSA) is 92.9 Å². The second-order valence-corrected chi connectivity index (χ2v) is 5.52. The molecule has 0 bridgehead atoms. The third-order valence-electron chi connectivity index (χ3n) is 3.77. The van der Waals surface area contributed by atoms with Gasteiger partial charge < -0.3 is 14.7 Å². The first-order valence-corrected chi connectivity index (χ1v) is 6.70. The van der Waals surface area contributed by atoms with Gasteiger partial charge in [0.05, 0.1) is 18.0 Å². The summed E-state index contributed by atoms with van der Waals surface area (Å²) in [6.45, 7) is 4.05. The maximum Gasteiger partial charge on any atom is 0.310 e. The Balaban J connectivity index is 1.90. The number of carbonyl (C=O) groups is 1. The van der Waals surface area contributed by atoms with Crippen molar-refractivity contribution >= 4 is 11.6 Å². The van der Waals surface area contributed by atoms with E-state index in [0.29, 0.717) is 0 Å². The standard InChI is InChI=1S/C14H18N2O5/c1-10(2)14(18)8-15(9-14)13(17)7-21-12-6-4-3-5-11(12)16(19)20/h3-6,10,18H,7-9H2,1-2H3. The predicted molar refractivity (Wildman–Crippen MR) is 75.0 cm³/mol. The molecule has 0 radical (unpaired) electrons. The third-order valence-corrected chi connectivity index (χ3v) is 3.77. The van der Waals surface area contributed by atoms with Crippen molar-refractivity contribution < 1.29 is 19.6 Å². The van der Waals surface area contributed by atoms with Crippen LogP contribution in [0.5, 0.6) is 5.75 Å². The molecule has 0 spiro atoms. The average molecular weight is 294 g/mol. The molecule has 1 aliphatic rings. The molecule has 2 rings (SSSR count). The molecule has 1 aliphatic heterocycles. The maximum atomic E-state index is 11.9. The molecule has 0 saturated carbocycles. The fourth-order valence-electron chi connectivity index (χ4n) is 2.12. The largest absolute Gasteiger partial charge is 0.477 e. The summed E-state index contributed by atoms with van der Waals surface area (Å²) in [5.41, 5.74) is -1.01. The number of likely N-dealkylation sites (tertiary alicyclic amines) is 1. The monoisotopic (exact) mass is 294 g/mol. The maximum absolute atomic E-state index is 11.9. The summed E-state index contributed by atoms with van der Waals surface area (Å²) in [4.78, 5) is 23.7.